The van der Waals surface area contributed by atoms with Crippen molar-refractivity contribution in [1.82, 2.24) is 4.90 Å². The summed E-state index contributed by atoms with van der Waals surface area (Å²) in [5.74, 6) is 0. The molecule has 1 heterocycles. The third kappa shape index (κ3) is 14.5. The Morgan fingerprint density at radius 2 is 0.943 bits per heavy atom. The zero-order valence-corrected chi connectivity index (χ0v) is 24.0. The van der Waals surface area contributed by atoms with E-state index in [0.29, 0.717) is 0 Å². The summed E-state index contributed by atoms with van der Waals surface area (Å²) >= 11 is 0. The predicted molar refractivity (Wildman–Crippen MR) is 157 cm³/mol. The molecule has 0 spiro atoms. The van der Waals surface area contributed by atoms with Gasteiger partial charge in [-0.1, -0.05) is 166 Å². The summed E-state index contributed by atoms with van der Waals surface area (Å²) in [6.45, 7) is 5.80. The molecule has 0 N–H and O–H groups in total. The maximum atomic E-state index is 2.95. The maximum Gasteiger partial charge on any atom is 0.0239 e. The molecule has 0 amide bonds. The third-order valence-corrected chi connectivity index (χ3v) is 8.50. The Balaban J connectivity index is 1.71. The van der Waals surface area contributed by atoms with Gasteiger partial charge in [-0.05, 0) is 31.2 Å². The second-order valence-corrected chi connectivity index (χ2v) is 11.6. The van der Waals surface area contributed by atoms with Crippen molar-refractivity contribution in [3.05, 3.63) is 35.9 Å². The first-order valence-corrected chi connectivity index (χ1v) is 16.1. The normalized spacial score (nSPS) is 18.8. The van der Waals surface area contributed by atoms with E-state index in [4.69, 9.17) is 0 Å². The Morgan fingerprint density at radius 1 is 0.543 bits per heavy atom. The predicted octanol–water partition coefficient (Wildman–Crippen LogP) is 11.3. The highest BCUT2D eigenvalue weighted by atomic mass is 15.2. The molecule has 35 heavy (non-hydrogen) atoms. The smallest absolute Gasteiger partial charge is 0.0239 e. The molecule has 1 heteroatoms. The van der Waals surface area contributed by atoms with Crippen LogP contribution < -0.4 is 0 Å². The molecule has 0 aliphatic carbocycles. The fraction of sp³-hybridized carbons (Fsp3) is 0.824. The quantitative estimate of drug-likeness (QED) is 0.148. The van der Waals surface area contributed by atoms with Crippen LogP contribution in [0.15, 0.2) is 30.3 Å². The first-order valence-electron chi connectivity index (χ1n) is 16.1. The SMILES string of the molecule is CCCCCCCCCCC[C@@H]1CCC[C@H](CCCCCCCCCCC)N1Cc1ccccc1. The van der Waals surface area contributed by atoms with Crippen molar-refractivity contribution in [1.29, 1.82) is 0 Å². The number of benzene rings is 1. The summed E-state index contributed by atoms with van der Waals surface area (Å²) in [6.07, 6.45) is 33.1. The minimum Gasteiger partial charge on any atom is -0.293 e. The van der Waals surface area contributed by atoms with E-state index in [2.05, 4.69) is 49.1 Å². The molecule has 0 aromatic heterocycles. The lowest BCUT2D eigenvalue weighted by Gasteiger charge is -2.43. The largest absolute Gasteiger partial charge is 0.293 e. The molecular formula is C34H61N. The molecule has 1 saturated heterocycles. The lowest BCUT2D eigenvalue weighted by atomic mass is 9.88. The van der Waals surface area contributed by atoms with Gasteiger partial charge in [-0.3, -0.25) is 4.90 Å². The van der Waals surface area contributed by atoms with Crippen LogP contribution in [0.25, 0.3) is 0 Å². The van der Waals surface area contributed by atoms with E-state index in [0.717, 1.165) is 12.1 Å². The average Bonchev–Trinajstić information content (AvgIpc) is 2.88. The highest BCUT2D eigenvalue weighted by Crippen LogP contribution is 2.31. The van der Waals surface area contributed by atoms with Gasteiger partial charge >= 0.3 is 0 Å². The van der Waals surface area contributed by atoms with Gasteiger partial charge in [-0.15, -0.1) is 0 Å². The summed E-state index contributed by atoms with van der Waals surface area (Å²) in [4.78, 5) is 2.95. The van der Waals surface area contributed by atoms with Crippen molar-refractivity contribution in [2.75, 3.05) is 0 Å². The maximum absolute atomic E-state index is 2.95. The number of rotatable bonds is 22. The van der Waals surface area contributed by atoms with Crippen LogP contribution in [0.1, 0.15) is 167 Å². The fourth-order valence-corrected chi connectivity index (χ4v) is 6.27. The van der Waals surface area contributed by atoms with Crippen LogP contribution in [0, 0.1) is 0 Å². The van der Waals surface area contributed by atoms with Crippen molar-refractivity contribution in [3.8, 4) is 0 Å². The highest BCUT2D eigenvalue weighted by molar-refractivity contribution is 5.15. The standard InChI is InChI=1S/C34H61N/c1-3-5-7-9-11-13-15-17-22-27-33-29-24-30-34(35(33)31-32-25-20-19-21-26-32)28-23-18-16-14-12-10-8-6-4-2/h19-21,25-26,33-34H,3-18,22-24,27-31H2,1-2H3/t33-,34+. The zero-order valence-electron chi connectivity index (χ0n) is 24.0. The molecule has 2 rings (SSSR count). The van der Waals surface area contributed by atoms with Gasteiger partial charge in [-0.2, -0.15) is 0 Å². The van der Waals surface area contributed by atoms with E-state index in [-0.39, 0.29) is 0 Å². The average molecular weight is 484 g/mol. The van der Waals surface area contributed by atoms with Gasteiger partial charge in [0, 0.05) is 18.6 Å². The molecule has 0 radical (unpaired) electrons. The van der Waals surface area contributed by atoms with E-state index in [1.54, 1.807) is 0 Å². The molecule has 0 unspecified atom stereocenters. The van der Waals surface area contributed by atoms with Crippen LogP contribution in [0.3, 0.4) is 0 Å². The summed E-state index contributed by atoms with van der Waals surface area (Å²) in [5.41, 5.74) is 1.52. The molecule has 1 aromatic rings. The van der Waals surface area contributed by atoms with Crippen molar-refractivity contribution in [2.45, 2.75) is 180 Å². The van der Waals surface area contributed by atoms with E-state index in [9.17, 15) is 0 Å². The number of hydrogen-bond acceptors (Lipinski definition) is 1. The number of nitrogens with zero attached hydrogens (tertiary/aromatic N) is 1. The van der Waals surface area contributed by atoms with Crippen molar-refractivity contribution in [2.24, 2.45) is 0 Å². The Hall–Kier alpha value is -0.820. The number of unbranched alkanes of at least 4 members (excludes halogenated alkanes) is 16. The van der Waals surface area contributed by atoms with Gasteiger partial charge in [0.1, 0.15) is 0 Å². The summed E-state index contributed by atoms with van der Waals surface area (Å²) in [6, 6.07) is 12.9. The molecular weight excluding hydrogens is 422 g/mol. The van der Waals surface area contributed by atoms with Crippen molar-refractivity contribution < 1.29 is 0 Å². The molecule has 0 saturated carbocycles. The van der Waals surface area contributed by atoms with Gasteiger partial charge < -0.3 is 0 Å². The Morgan fingerprint density at radius 3 is 1.37 bits per heavy atom. The van der Waals surface area contributed by atoms with E-state index < -0.39 is 0 Å². The van der Waals surface area contributed by atoms with Gasteiger partial charge in [0.15, 0.2) is 0 Å². The second kappa shape index (κ2) is 21.3. The van der Waals surface area contributed by atoms with Crippen LogP contribution >= 0.6 is 0 Å². The van der Waals surface area contributed by atoms with Crippen molar-refractivity contribution in [3.63, 3.8) is 0 Å². The molecule has 1 fully saturated rings. The first kappa shape index (κ1) is 30.4. The fourth-order valence-electron chi connectivity index (χ4n) is 6.27. The van der Waals surface area contributed by atoms with E-state index in [1.165, 1.54) is 160 Å². The number of piperidine rings is 1. The Kier molecular flexibility index (Phi) is 18.5. The summed E-state index contributed by atoms with van der Waals surface area (Å²) in [7, 11) is 0. The summed E-state index contributed by atoms with van der Waals surface area (Å²) < 4.78 is 0. The van der Waals surface area contributed by atoms with Crippen molar-refractivity contribution >= 4 is 0 Å². The molecule has 1 aromatic carbocycles. The van der Waals surface area contributed by atoms with Gasteiger partial charge in [0.25, 0.3) is 0 Å². The van der Waals surface area contributed by atoms with Gasteiger partial charge in [0.2, 0.25) is 0 Å². The Bertz CT molecular complexity index is 537. The third-order valence-electron chi connectivity index (χ3n) is 8.50. The zero-order chi connectivity index (χ0) is 24.8. The molecule has 0 bridgehead atoms. The van der Waals surface area contributed by atoms with Crippen LogP contribution in [-0.4, -0.2) is 17.0 Å². The molecule has 1 aliphatic rings. The molecule has 1 nitrogen and oxygen atoms in total. The summed E-state index contributed by atoms with van der Waals surface area (Å²) in [5, 5.41) is 0. The van der Waals surface area contributed by atoms with Gasteiger partial charge in [0.05, 0.1) is 0 Å². The highest BCUT2D eigenvalue weighted by Gasteiger charge is 2.29. The minimum atomic E-state index is 0.817. The molecule has 1 aliphatic heterocycles. The van der Waals surface area contributed by atoms with Gasteiger partial charge in [-0.25, -0.2) is 0 Å². The first-order chi connectivity index (χ1) is 17.3. The van der Waals surface area contributed by atoms with E-state index >= 15 is 0 Å². The second-order valence-electron chi connectivity index (χ2n) is 11.6. The lowest BCUT2D eigenvalue weighted by molar-refractivity contribution is 0.0611. The minimum absolute atomic E-state index is 0.817. The van der Waals surface area contributed by atoms with Crippen LogP contribution in [0.4, 0.5) is 0 Å². The Labute approximate surface area is 220 Å². The lowest BCUT2D eigenvalue weighted by Crippen LogP contribution is -2.46. The van der Waals surface area contributed by atoms with Crippen LogP contribution in [0.2, 0.25) is 0 Å². The van der Waals surface area contributed by atoms with Crippen LogP contribution in [-0.2, 0) is 6.54 Å². The topological polar surface area (TPSA) is 3.24 Å². The van der Waals surface area contributed by atoms with Crippen LogP contribution in [0.5, 0.6) is 0 Å². The molecule has 2 atom stereocenters. The number of likely N-dealkylation sites (tertiary alicyclic amines) is 1. The number of hydrogen-bond donors (Lipinski definition) is 0. The van der Waals surface area contributed by atoms with E-state index in [1.807, 2.05) is 0 Å². The molecule has 202 valence electrons. The monoisotopic (exact) mass is 483 g/mol.